The Kier molecular flexibility index (Phi) is 7.96. The number of carbonyl (C=O) groups is 2. The van der Waals surface area contributed by atoms with Crippen LogP contribution in [0.15, 0.2) is 18.2 Å². The Morgan fingerprint density at radius 3 is 2.57 bits per heavy atom. The second kappa shape index (κ2) is 10.7. The van der Waals surface area contributed by atoms with Gasteiger partial charge < -0.3 is 24.4 Å². The van der Waals surface area contributed by atoms with Crippen molar-refractivity contribution in [2.75, 3.05) is 39.9 Å². The Balaban J connectivity index is 1.71. The number of amides is 2. The first-order chi connectivity index (χ1) is 14.5. The highest BCUT2D eigenvalue weighted by molar-refractivity contribution is 5.97. The van der Waals surface area contributed by atoms with Crippen LogP contribution in [0.1, 0.15) is 55.8 Å². The van der Waals surface area contributed by atoms with Gasteiger partial charge in [0.25, 0.3) is 5.91 Å². The van der Waals surface area contributed by atoms with Crippen LogP contribution in [0.25, 0.3) is 0 Å². The van der Waals surface area contributed by atoms with Crippen molar-refractivity contribution < 1.29 is 24.2 Å². The minimum Gasteiger partial charge on any atom is -0.497 e. The molecule has 0 aromatic heterocycles. The zero-order chi connectivity index (χ0) is 21.5. The molecule has 1 N–H and O–H groups in total. The van der Waals surface area contributed by atoms with E-state index in [0.29, 0.717) is 42.6 Å². The van der Waals surface area contributed by atoms with Crippen LogP contribution in [0.3, 0.4) is 0 Å². The molecular weight excluding hydrogens is 384 g/mol. The van der Waals surface area contributed by atoms with E-state index in [0.717, 1.165) is 45.1 Å². The van der Waals surface area contributed by atoms with E-state index < -0.39 is 0 Å². The molecule has 0 saturated carbocycles. The number of methoxy groups -OCH3 is 1. The molecule has 0 bridgehead atoms. The Hall–Kier alpha value is -2.28. The summed E-state index contributed by atoms with van der Waals surface area (Å²) in [5, 5.41) is 9.11. The van der Waals surface area contributed by atoms with Crippen LogP contribution in [0.2, 0.25) is 0 Å². The van der Waals surface area contributed by atoms with Crippen LogP contribution < -0.4 is 9.47 Å². The molecule has 30 heavy (non-hydrogen) atoms. The number of benzene rings is 1. The minimum absolute atomic E-state index is 0.0146. The predicted octanol–water partition coefficient (Wildman–Crippen LogP) is 2.71. The zero-order valence-electron chi connectivity index (χ0n) is 18.1. The summed E-state index contributed by atoms with van der Waals surface area (Å²) in [5.41, 5.74) is 0.533. The molecule has 2 heterocycles. The summed E-state index contributed by atoms with van der Waals surface area (Å²) in [6, 6.07) is 5.40. The summed E-state index contributed by atoms with van der Waals surface area (Å²) in [6.45, 7) is 4.60. The number of likely N-dealkylation sites (tertiary alicyclic amines) is 2. The minimum atomic E-state index is -0.0289. The molecule has 1 aromatic rings. The van der Waals surface area contributed by atoms with Crippen LogP contribution >= 0.6 is 0 Å². The maximum Gasteiger partial charge on any atom is 0.257 e. The number of carbonyl (C=O) groups excluding carboxylic acids is 2. The van der Waals surface area contributed by atoms with E-state index in [4.69, 9.17) is 14.6 Å². The fourth-order valence-electron chi connectivity index (χ4n) is 4.41. The van der Waals surface area contributed by atoms with Crippen LogP contribution in [-0.4, -0.2) is 72.7 Å². The number of hydrogen-bond acceptors (Lipinski definition) is 5. The van der Waals surface area contributed by atoms with Gasteiger partial charge in [0.05, 0.1) is 12.7 Å². The number of ether oxygens (including phenoxy) is 2. The summed E-state index contributed by atoms with van der Waals surface area (Å²) in [6.07, 6.45) is 5.29. The number of aliphatic hydroxyl groups excluding tert-OH is 1. The van der Waals surface area contributed by atoms with Crippen molar-refractivity contribution >= 4 is 11.8 Å². The van der Waals surface area contributed by atoms with E-state index in [-0.39, 0.29) is 24.5 Å². The lowest BCUT2D eigenvalue weighted by Crippen LogP contribution is -2.41. The molecule has 7 heteroatoms. The topological polar surface area (TPSA) is 79.3 Å². The van der Waals surface area contributed by atoms with Gasteiger partial charge in [-0.2, -0.15) is 0 Å². The molecule has 0 unspecified atom stereocenters. The molecule has 2 fully saturated rings. The van der Waals surface area contributed by atoms with Gasteiger partial charge in [-0.25, -0.2) is 0 Å². The number of rotatable bonds is 7. The summed E-state index contributed by atoms with van der Waals surface area (Å²) >= 11 is 0. The van der Waals surface area contributed by atoms with Gasteiger partial charge in [-0.15, -0.1) is 0 Å². The molecule has 0 radical (unpaired) electrons. The number of nitrogens with zero attached hydrogens (tertiary/aromatic N) is 2. The normalized spacial score (nSPS) is 20.2. The van der Waals surface area contributed by atoms with Crippen molar-refractivity contribution in [2.45, 2.75) is 51.6 Å². The third kappa shape index (κ3) is 5.65. The molecule has 0 spiro atoms. The second-order valence-electron chi connectivity index (χ2n) is 8.31. The SMILES string of the molecule is COc1ccc(OC2CCN(C(C)=O)CC2)c(C(=O)N2CCC[C@@H](CCCO)C2)c1. The fourth-order valence-corrected chi connectivity index (χ4v) is 4.41. The standard InChI is InChI=1S/C23H34N2O5/c1-17(27)24-12-9-19(10-13-24)30-22-8-7-20(29-2)15-21(22)23(28)25-11-3-5-18(16-25)6-4-14-26/h7-8,15,18-19,26H,3-6,9-14,16H2,1-2H3/t18-/m0/s1. The Morgan fingerprint density at radius 1 is 1.13 bits per heavy atom. The maximum absolute atomic E-state index is 13.4. The molecule has 1 atom stereocenters. The van der Waals surface area contributed by atoms with Gasteiger partial charge in [0.2, 0.25) is 5.91 Å². The lowest BCUT2D eigenvalue weighted by atomic mass is 9.93. The lowest BCUT2D eigenvalue weighted by molar-refractivity contribution is -0.130. The zero-order valence-corrected chi connectivity index (χ0v) is 18.1. The first kappa shape index (κ1) is 22.4. The quantitative estimate of drug-likeness (QED) is 0.737. The molecule has 2 aliphatic heterocycles. The van der Waals surface area contributed by atoms with E-state index in [2.05, 4.69) is 0 Å². The molecule has 2 saturated heterocycles. The van der Waals surface area contributed by atoms with Crippen LogP contribution in [0, 0.1) is 5.92 Å². The first-order valence-corrected chi connectivity index (χ1v) is 11.0. The summed E-state index contributed by atoms with van der Waals surface area (Å²) in [4.78, 5) is 28.7. The smallest absolute Gasteiger partial charge is 0.257 e. The molecule has 1 aromatic carbocycles. The van der Waals surface area contributed by atoms with E-state index in [9.17, 15) is 9.59 Å². The number of aliphatic hydroxyl groups is 1. The van der Waals surface area contributed by atoms with Gasteiger partial charge in [0, 0.05) is 52.6 Å². The maximum atomic E-state index is 13.4. The molecule has 2 amide bonds. The summed E-state index contributed by atoms with van der Waals surface area (Å²) < 4.78 is 11.6. The van der Waals surface area contributed by atoms with Gasteiger partial charge >= 0.3 is 0 Å². The second-order valence-corrected chi connectivity index (χ2v) is 8.31. The van der Waals surface area contributed by atoms with Gasteiger partial charge in [0.1, 0.15) is 17.6 Å². The van der Waals surface area contributed by atoms with Crippen molar-refractivity contribution in [3.05, 3.63) is 23.8 Å². The fraction of sp³-hybridized carbons (Fsp3) is 0.652. The van der Waals surface area contributed by atoms with Crippen molar-refractivity contribution in [2.24, 2.45) is 5.92 Å². The number of hydrogen-bond donors (Lipinski definition) is 1. The van der Waals surface area contributed by atoms with E-state index >= 15 is 0 Å². The largest absolute Gasteiger partial charge is 0.497 e. The Labute approximate surface area is 178 Å². The first-order valence-electron chi connectivity index (χ1n) is 11.0. The van der Waals surface area contributed by atoms with Crippen molar-refractivity contribution in [3.8, 4) is 11.5 Å². The van der Waals surface area contributed by atoms with E-state index in [1.54, 1.807) is 20.1 Å². The van der Waals surface area contributed by atoms with Gasteiger partial charge in [-0.05, 0) is 49.8 Å². The van der Waals surface area contributed by atoms with Gasteiger partial charge in [-0.3, -0.25) is 9.59 Å². The van der Waals surface area contributed by atoms with Crippen LogP contribution in [0.4, 0.5) is 0 Å². The van der Waals surface area contributed by atoms with Crippen LogP contribution in [0.5, 0.6) is 11.5 Å². The molecule has 7 nitrogen and oxygen atoms in total. The van der Waals surface area contributed by atoms with Crippen LogP contribution in [-0.2, 0) is 4.79 Å². The van der Waals surface area contributed by atoms with Gasteiger partial charge in [0.15, 0.2) is 0 Å². The van der Waals surface area contributed by atoms with E-state index in [1.807, 2.05) is 21.9 Å². The van der Waals surface area contributed by atoms with Gasteiger partial charge in [-0.1, -0.05) is 0 Å². The highest BCUT2D eigenvalue weighted by Crippen LogP contribution is 2.30. The third-order valence-corrected chi connectivity index (χ3v) is 6.17. The highest BCUT2D eigenvalue weighted by Gasteiger charge is 2.28. The summed E-state index contributed by atoms with van der Waals surface area (Å²) in [7, 11) is 1.59. The van der Waals surface area contributed by atoms with Crippen molar-refractivity contribution in [1.82, 2.24) is 9.80 Å². The average molecular weight is 419 g/mol. The van der Waals surface area contributed by atoms with E-state index in [1.165, 1.54) is 0 Å². The molecule has 2 aliphatic rings. The predicted molar refractivity (Wildman–Crippen MR) is 114 cm³/mol. The molecular formula is C23H34N2O5. The van der Waals surface area contributed by atoms with Crippen molar-refractivity contribution in [3.63, 3.8) is 0 Å². The number of piperidine rings is 2. The lowest BCUT2D eigenvalue weighted by Gasteiger charge is -2.34. The third-order valence-electron chi connectivity index (χ3n) is 6.17. The Bertz CT molecular complexity index is 730. The highest BCUT2D eigenvalue weighted by atomic mass is 16.5. The molecule has 3 rings (SSSR count). The summed E-state index contributed by atoms with van der Waals surface area (Å²) in [5.74, 6) is 1.71. The monoisotopic (exact) mass is 418 g/mol. The Morgan fingerprint density at radius 2 is 1.90 bits per heavy atom. The molecule has 166 valence electrons. The van der Waals surface area contributed by atoms with Crippen molar-refractivity contribution in [1.29, 1.82) is 0 Å². The average Bonchev–Trinajstić information content (AvgIpc) is 2.78. The molecule has 0 aliphatic carbocycles.